The van der Waals surface area contributed by atoms with Crippen LogP contribution in [-0.2, 0) is 0 Å². The molecule has 0 aliphatic heterocycles. The molecular weight excluding hydrogens is 178 g/mol. The summed E-state index contributed by atoms with van der Waals surface area (Å²) in [7, 11) is 2.00. The minimum Gasteiger partial charge on any atom is -0.359 e. The van der Waals surface area contributed by atoms with Gasteiger partial charge in [-0.25, -0.2) is 10.8 Å². The van der Waals surface area contributed by atoms with E-state index in [9.17, 15) is 0 Å². The standard InChI is InChI=1S/C9H17N5/c1-7(2)6-14(3)8-4-5-11-9(12-8)13-10/h4-5,7H,6,10H2,1-3H3,(H,11,12,13). The Kier molecular flexibility index (Phi) is 3.64. The smallest absolute Gasteiger partial charge is 0.239 e. The minimum absolute atomic E-state index is 0.443. The first kappa shape index (κ1) is 10.7. The third kappa shape index (κ3) is 2.85. The van der Waals surface area contributed by atoms with Crippen LogP contribution in [0.15, 0.2) is 12.3 Å². The van der Waals surface area contributed by atoms with Crippen LogP contribution < -0.4 is 16.2 Å². The molecule has 0 unspecified atom stereocenters. The molecule has 0 aromatic carbocycles. The van der Waals surface area contributed by atoms with Gasteiger partial charge in [-0.2, -0.15) is 4.98 Å². The lowest BCUT2D eigenvalue weighted by molar-refractivity contribution is 0.634. The zero-order valence-corrected chi connectivity index (χ0v) is 8.86. The molecule has 5 nitrogen and oxygen atoms in total. The number of hydrogen-bond acceptors (Lipinski definition) is 5. The monoisotopic (exact) mass is 195 g/mol. The van der Waals surface area contributed by atoms with Crippen molar-refractivity contribution in [3.63, 3.8) is 0 Å². The Bertz CT molecular complexity index is 286. The van der Waals surface area contributed by atoms with Crippen molar-refractivity contribution in [3.8, 4) is 0 Å². The van der Waals surface area contributed by atoms with E-state index in [1.807, 2.05) is 13.1 Å². The highest BCUT2D eigenvalue weighted by Crippen LogP contribution is 2.11. The van der Waals surface area contributed by atoms with Crippen molar-refractivity contribution in [2.75, 3.05) is 23.9 Å². The first-order valence-electron chi connectivity index (χ1n) is 4.64. The van der Waals surface area contributed by atoms with Crippen LogP contribution in [0.4, 0.5) is 11.8 Å². The van der Waals surface area contributed by atoms with Crippen molar-refractivity contribution >= 4 is 11.8 Å². The molecule has 5 heteroatoms. The minimum atomic E-state index is 0.443. The highest BCUT2D eigenvalue weighted by atomic mass is 15.3. The van der Waals surface area contributed by atoms with Crippen molar-refractivity contribution in [2.45, 2.75) is 13.8 Å². The van der Waals surface area contributed by atoms with Crippen molar-refractivity contribution in [2.24, 2.45) is 11.8 Å². The number of nitrogens with one attached hydrogen (secondary N) is 1. The lowest BCUT2D eigenvalue weighted by Gasteiger charge is -2.20. The Morgan fingerprint density at radius 1 is 1.57 bits per heavy atom. The molecule has 0 radical (unpaired) electrons. The van der Waals surface area contributed by atoms with Gasteiger partial charge >= 0.3 is 0 Å². The van der Waals surface area contributed by atoms with Gasteiger partial charge in [-0.3, -0.25) is 5.43 Å². The SMILES string of the molecule is CC(C)CN(C)c1ccnc(NN)n1. The van der Waals surface area contributed by atoms with E-state index in [4.69, 9.17) is 5.84 Å². The number of aromatic nitrogens is 2. The summed E-state index contributed by atoms with van der Waals surface area (Å²) in [5, 5.41) is 0. The zero-order valence-electron chi connectivity index (χ0n) is 8.86. The molecule has 0 amide bonds. The first-order chi connectivity index (χ1) is 6.63. The number of hydrazine groups is 1. The lowest BCUT2D eigenvalue weighted by atomic mass is 10.2. The van der Waals surface area contributed by atoms with Crippen LogP contribution in [0.5, 0.6) is 0 Å². The van der Waals surface area contributed by atoms with Crippen LogP contribution in [0.3, 0.4) is 0 Å². The molecule has 0 aliphatic rings. The van der Waals surface area contributed by atoms with Gasteiger partial charge in [0.25, 0.3) is 0 Å². The highest BCUT2D eigenvalue weighted by molar-refractivity contribution is 5.41. The summed E-state index contributed by atoms with van der Waals surface area (Å²) in [5.41, 5.74) is 2.43. The molecule has 14 heavy (non-hydrogen) atoms. The maximum atomic E-state index is 5.23. The summed E-state index contributed by atoms with van der Waals surface area (Å²) in [5.74, 6) is 7.15. The fourth-order valence-corrected chi connectivity index (χ4v) is 1.27. The van der Waals surface area contributed by atoms with E-state index in [2.05, 4.69) is 34.1 Å². The molecule has 0 bridgehead atoms. The van der Waals surface area contributed by atoms with E-state index < -0.39 is 0 Å². The average molecular weight is 195 g/mol. The Labute approximate surface area is 84.3 Å². The largest absolute Gasteiger partial charge is 0.359 e. The molecule has 0 fully saturated rings. The number of hydrogen-bond donors (Lipinski definition) is 2. The number of rotatable bonds is 4. The molecule has 0 atom stereocenters. The molecule has 1 aromatic heterocycles. The third-order valence-electron chi connectivity index (χ3n) is 1.80. The summed E-state index contributed by atoms with van der Waals surface area (Å²) in [6.07, 6.45) is 1.69. The van der Waals surface area contributed by atoms with E-state index >= 15 is 0 Å². The van der Waals surface area contributed by atoms with Crippen LogP contribution >= 0.6 is 0 Å². The van der Waals surface area contributed by atoms with Gasteiger partial charge in [0.05, 0.1) is 0 Å². The molecule has 0 saturated carbocycles. The summed E-state index contributed by atoms with van der Waals surface area (Å²) in [6, 6.07) is 1.86. The lowest BCUT2D eigenvalue weighted by Crippen LogP contribution is -2.24. The van der Waals surface area contributed by atoms with E-state index in [-0.39, 0.29) is 0 Å². The van der Waals surface area contributed by atoms with Crippen LogP contribution in [-0.4, -0.2) is 23.6 Å². The molecule has 0 saturated heterocycles. The number of nitrogen functional groups attached to an aromatic ring is 1. The Morgan fingerprint density at radius 2 is 2.29 bits per heavy atom. The average Bonchev–Trinajstić information content (AvgIpc) is 2.17. The van der Waals surface area contributed by atoms with Crippen LogP contribution in [0, 0.1) is 5.92 Å². The quantitative estimate of drug-likeness (QED) is 0.551. The van der Waals surface area contributed by atoms with Crippen molar-refractivity contribution < 1.29 is 0 Å². The van der Waals surface area contributed by atoms with Crippen LogP contribution in [0.1, 0.15) is 13.8 Å². The molecule has 78 valence electrons. The second-order valence-corrected chi connectivity index (χ2v) is 3.66. The maximum Gasteiger partial charge on any atom is 0.239 e. The van der Waals surface area contributed by atoms with E-state index in [0.29, 0.717) is 11.9 Å². The van der Waals surface area contributed by atoms with Gasteiger partial charge in [-0.05, 0) is 12.0 Å². The third-order valence-corrected chi connectivity index (χ3v) is 1.80. The van der Waals surface area contributed by atoms with Gasteiger partial charge in [-0.15, -0.1) is 0 Å². The maximum absolute atomic E-state index is 5.23. The second-order valence-electron chi connectivity index (χ2n) is 3.66. The fraction of sp³-hybridized carbons (Fsp3) is 0.556. The van der Waals surface area contributed by atoms with Gasteiger partial charge in [-0.1, -0.05) is 13.8 Å². The van der Waals surface area contributed by atoms with Crippen LogP contribution in [0.2, 0.25) is 0 Å². The topological polar surface area (TPSA) is 67.1 Å². The number of nitrogens with two attached hydrogens (primary N) is 1. The molecule has 0 aliphatic carbocycles. The molecule has 0 spiro atoms. The van der Waals surface area contributed by atoms with E-state index in [1.165, 1.54) is 0 Å². The highest BCUT2D eigenvalue weighted by Gasteiger charge is 2.05. The molecule has 3 N–H and O–H groups in total. The molecule has 1 heterocycles. The Morgan fingerprint density at radius 3 is 2.86 bits per heavy atom. The van der Waals surface area contributed by atoms with E-state index in [1.54, 1.807) is 6.20 Å². The molecule has 1 rings (SSSR count). The van der Waals surface area contributed by atoms with Crippen molar-refractivity contribution in [3.05, 3.63) is 12.3 Å². The summed E-state index contributed by atoms with van der Waals surface area (Å²) in [4.78, 5) is 10.2. The van der Waals surface area contributed by atoms with Gasteiger partial charge in [0.1, 0.15) is 5.82 Å². The van der Waals surface area contributed by atoms with Crippen molar-refractivity contribution in [1.29, 1.82) is 0 Å². The summed E-state index contributed by atoms with van der Waals surface area (Å²) in [6.45, 7) is 5.29. The summed E-state index contributed by atoms with van der Waals surface area (Å²) >= 11 is 0. The fourth-order valence-electron chi connectivity index (χ4n) is 1.27. The van der Waals surface area contributed by atoms with Gasteiger partial charge in [0, 0.05) is 19.8 Å². The Hall–Kier alpha value is -1.36. The number of anilines is 2. The van der Waals surface area contributed by atoms with Gasteiger partial charge < -0.3 is 4.90 Å². The van der Waals surface area contributed by atoms with Gasteiger partial charge in [0.15, 0.2) is 0 Å². The normalized spacial score (nSPS) is 10.4. The molecular formula is C9H17N5. The predicted octanol–water partition coefficient (Wildman–Crippen LogP) is 0.854. The first-order valence-corrected chi connectivity index (χ1v) is 4.64. The van der Waals surface area contributed by atoms with Crippen LogP contribution in [0.25, 0.3) is 0 Å². The van der Waals surface area contributed by atoms with Crippen molar-refractivity contribution in [1.82, 2.24) is 9.97 Å². The molecule has 1 aromatic rings. The summed E-state index contributed by atoms with van der Waals surface area (Å²) < 4.78 is 0. The van der Waals surface area contributed by atoms with Gasteiger partial charge in [0.2, 0.25) is 5.95 Å². The van der Waals surface area contributed by atoms with E-state index in [0.717, 1.165) is 12.4 Å². The zero-order chi connectivity index (χ0) is 10.6. The Balaban J connectivity index is 2.73. The predicted molar refractivity (Wildman–Crippen MR) is 58.0 cm³/mol. The number of nitrogens with zero attached hydrogens (tertiary/aromatic N) is 3. The second kappa shape index (κ2) is 4.76.